The molecule has 3 N–H and O–H groups in total. The van der Waals surface area contributed by atoms with Gasteiger partial charge in [-0.05, 0) is 41.9 Å². The van der Waals surface area contributed by atoms with E-state index in [9.17, 15) is 5.11 Å². The van der Waals surface area contributed by atoms with Gasteiger partial charge >= 0.3 is 0 Å². The third-order valence-corrected chi connectivity index (χ3v) is 6.05. The third kappa shape index (κ3) is 3.81. The maximum Gasteiger partial charge on any atom is 0.123 e. The minimum Gasteiger partial charge on any atom is -0.507 e. The molecule has 0 saturated heterocycles. The molecular formula is C22H24N2OS. The third-order valence-electron chi connectivity index (χ3n) is 5.01. The van der Waals surface area contributed by atoms with Crippen molar-refractivity contribution in [2.24, 2.45) is 0 Å². The number of thioether (sulfide) groups is 1. The Labute approximate surface area is 158 Å². The van der Waals surface area contributed by atoms with Crippen molar-refractivity contribution in [2.75, 3.05) is 12.3 Å². The second-order valence-electron chi connectivity index (χ2n) is 6.76. The van der Waals surface area contributed by atoms with Crippen LogP contribution in [0.4, 0.5) is 0 Å². The molecule has 1 aromatic heterocycles. The minimum absolute atomic E-state index is 0.383. The number of benzene rings is 2. The first-order chi connectivity index (χ1) is 12.8. The van der Waals surface area contributed by atoms with Gasteiger partial charge in [-0.1, -0.05) is 42.5 Å². The van der Waals surface area contributed by atoms with Gasteiger partial charge in [0.25, 0.3) is 0 Å². The molecule has 0 bridgehead atoms. The number of hydrogen-bond donors (Lipinski definition) is 3. The van der Waals surface area contributed by atoms with E-state index < -0.39 is 0 Å². The zero-order chi connectivity index (χ0) is 17.8. The zero-order valence-corrected chi connectivity index (χ0v) is 15.6. The van der Waals surface area contributed by atoms with Crippen LogP contribution in [0.2, 0.25) is 0 Å². The van der Waals surface area contributed by atoms with Gasteiger partial charge in [0.2, 0.25) is 0 Å². The van der Waals surface area contributed by atoms with Crippen molar-refractivity contribution < 1.29 is 5.11 Å². The number of phenolic OH excluding ortho intramolecular Hbond substituents is 1. The molecule has 4 heteroatoms. The topological polar surface area (TPSA) is 48.0 Å². The quantitative estimate of drug-likeness (QED) is 0.543. The molecule has 26 heavy (non-hydrogen) atoms. The van der Waals surface area contributed by atoms with Crippen molar-refractivity contribution in [3.05, 3.63) is 71.9 Å². The van der Waals surface area contributed by atoms with E-state index in [1.807, 2.05) is 30.0 Å². The van der Waals surface area contributed by atoms with E-state index >= 15 is 0 Å². The number of para-hydroxylation sites is 2. The molecule has 0 amide bonds. The lowest BCUT2D eigenvalue weighted by Crippen LogP contribution is -2.33. The highest BCUT2D eigenvalue weighted by Gasteiger charge is 2.17. The van der Waals surface area contributed by atoms with E-state index in [0.29, 0.717) is 11.8 Å². The van der Waals surface area contributed by atoms with Gasteiger partial charge < -0.3 is 15.4 Å². The number of rotatable bonds is 6. The van der Waals surface area contributed by atoms with Crippen LogP contribution in [0.5, 0.6) is 5.75 Å². The fraction of sp³-hybridized carbons (Fsp3) is 0.273. The van der Waals surface area contributed by atoms with E-state index in [1.165, 1.54) is 22.0 Å². The molecule has 3 nitrogen and oxygen atoms in total. The highest BCUT2D eigenvalue weighted by Crippen LogP contribution is 2.30. The van der Waals surface area contributed by atoms with Gasteiger partial charge in [-0.25, -0.2) is 0 Å². The second-order valence-corrected chi connectivity index (χ2v) is 7.86. The molecule has 3 aromatic rings. The predicted molar refractivity (Wildman–Crippen MR) is 112 cm³/mol. The monoisotopic (exact) mass is 364 g/mol. The normalized spacial score (nSPS) is 17.4. The molecule has 134 valence electrons. The SMILES string of the molecule is Oc1ccccc1C1=CCNC(CCSCc2c[nH]c3ccccc23)C1. The molecule has 2 heterocycles. The first-order valence-electron chi connectivity index (χ1n) is 9.15. The molecular weight excluding hydrogens is 340 g/mol. The number of phenols is 1. The van der Waals surface area contributed by atoms with Crippen molar-refractivity contribution in [1.29, 1.82) is 0 Å². The number of aromatic nitrogens is 1. The molecule has 1 aliphatic rings. The average Bonchev–Trinajstić information content (AvgIpc) is 3.09. The standard InChI is InChI=1S/C22H24N2OS/c25-22-8-4-2-6-20(22)16-9-11-23-18(13-16)10-12-26-15-17-14-24-21-7-3-1-5-19(17)21/h1-9,14,18,23-25H,10-13,15H2. The van der Waals surface area contributed by atoms with Gasteiger partial charge in [0.15, 0.2) is 0 Å². The molecule has 1 aliphatic heterocycles. The van der Waals surface area contributed by atoms with E-state index in [2.05, 4.69) is 46.8 Å². The maximum absolute atomic E-state index is 10.1. The molecule has 0 saturated carbocycles. The zero-order valence-electron chi connectivity index (χ0n) is 14.7. The average molecular weight is 365 g/mol. The van der Waals surface area contributed by atoms with Crippen LogP contribution in [-0.4, -0.2) is 28.4 Å². The van der Waals surface area contributed by atoms with Crippen LogP contribution in [0.1, 0.15) is 24.0 Å². The van der Waals surface area contributed by atoms with Crippen LogP contribution in [0, 0.1) is 0 Å². The summed E-state index contributed by atoms with van der Waals surface area (Å²) in [5.74, 6) is 2.55. The Balaban J connectivity index is 1.29. The lowest BCUT2D eigenvalue weighted by Gasteiger charge is -2.24. The first-order valence-corrected chi connectivity index (χ1v) is 10.3. The molecule has 1 atom stereocenters. The smallest absolute Gasteiger partial charge is 0.123 e. The molecule has 0 spiro atoms. The van der Waals surface area contributed by atoms with Crippen LogP contribution in [0.25, 0.3) is 16.5 Å². The summed E-state index contributed by atoms with van der Waals surface area (Å²) in [5, 5.41) is 15.0. The van der Waals surface area contributed by atoms with E-state index in [4.69, 9.17) is 0 Å². The summed E-state index contributed by atoms with van der Waals surface area (Å²) in [5.41, 5.74) is 4.84. The Hall–Kier alpha value is -2.17. The highest BCUT2D eigenvalue weighted by atomic mass is 32.2. The fourth-order valence-corrected chi connectivity index (χ4v) is 4.65. The molecule has 1 unspecified atom stereocenters. The fourth-order valence-electron chi connectivity index (χ4n) is 3.60. The number of aromatic hydroxyl groups is 1. The van der Waals surface area contributed by atoms with Crippen LogP contribution in [0.3, 0.4) is 0 Å². The van der Waals surface area contributed by atoms with E-state index in [0.717, 1.165) is 36.5 Å². The summed E-state index contributed by atoms with van der Waals surface area (Å²) >= 11 is 1.99. The van der Waals surface area contributed by atoms with Crippen molar-refractivity contribution in [1.82, 2.24) is 10.3 Å². The van der Waals surface area contributed by atoms with Gasteiger partial charge in [0.05, 0.1) is 0 Å². The Morgan fingerprint density at radius 1 is 1.08 bits per heavy atom. The number of hydrogen-bond acceptors (Lipinski definition) is 3. The number of nitrogens with one attached hydrogen (secondary N) is 2. The minimum atomic E-state index is 0.383. The highest BCUT2D eigenvalue weighted by molar-refractivity contribution is 7.98. The van der Waals surface area contributed by atoms with Gasteiger partial charge in [-0.3, -0.25) is 0 Å². The van der Waals surface area contributed by atoms with Crippen molar-refractivity contribution >= 4 is 28.2 Å². The molecule has 2 aromatic carbocycles. The maximum atomic E-state index is 10.1. The van der Waals surface area contributed by atoms with Gasteiger partial charge in [0, 0.05) is 41.0 Å². The predicted octanol–water partition coefficient (Wildman–Crippen LogP) is 4.94. The van der Waals surface area contributed by atoms with Crippen molar-refractivity contribution in [2.45, 2.75) is 24.6 Å². The van der Waals surface area contributed by atoms with Crippen molar-refractivity contribution in [3.63, 3.8) is 0 Å². The first kappa shape index (κ1) is 17.3. The number of fused-ring (bicyclic) bond motifs is 1. The van der Waals surface area contributed by atoms with E-state index in [-0.39, 0.29) is 0 Å². The Morgan fingerprint density at radius 2 is 1.92 bits per heavy atom. The van der Waals surface area contributed by atoms with Crippen LogP contribution < -0.4 is 5.32 Å². The summed E-state index contributed by atoms with van der Waals surface area (Å²) in [6.07, 6.45) is 6.45. The van der Waals surface area contributed by atoms with Gasteiger partial charge in [0.1, 0.15) is 5.75 Å². The summed E-state index contributed by atoms with van der Waals surface area (Å²) in [6, 6.07) is 16.6. The summed E-state index contributed by atoms with van der Waals surface area (Å²) in [6.45, 7) is 0.876. The largest absolute Gasteiger partial charge is 0.507 e. The molecule has 0 radical (unpaired) electrons. The van der Waals surface area contributed by atoms with Crippen molar-refractivity contribution in [3.8, 4) is 5.75 Å². The molecule has 0 fully saturated rings. The summed E-state index contributed by atoms with van der Waals surface area (Å²) in [7, 11) is 0. The molecule has 4 rings (SSSR count). The van der Waals surface area contributed by atoms with Crippen LogP contribution in [-0.2, 0) is 5.75 Å². The lowest BCUT2D eigenvalue weighted by molar-refractivity contribution is 0.471. The Morgan fingerprint density at radius 3 is 2.85 bits per heavy atom. The second kappa shape index (κ2) is 8.02. The Bertz CT molecular complexity index is 915. The van der Waals surface area contributed by atoms with Crippen LogP contribution in [0.15, 0.2) is 60.8 Å². The number of aromatic amines is 1. The Kier molecular flexibility index (Phi) is 5.32. The summed E-state index contributed by atoms with van der Waals surface area (Å²) in [4.78, 5) is 3.35. The number of H-pyrrole nitrogens is 1. The van der Waals surface area contributed by atoms with E-state index in [1.54, 1.807) is 6.07 Å². The lowest BCUT2D eigenvalue weighted by atomic mass is 9.94. The van der Waals surface area contributed by atoms with Gasteiger partial charge in [-0.2, -0.15) is 11.8 Å². The van der Waals surface area contributed by atoms with Gasteiger partial charge in [-0.15, -0.1) is 0 Å². The molecule has 0 aliphatic carbocycles. The van der Waals surface area contributed by atoms with Crippen LogP contribution >= 0.6 is 11.8 Å². The summed E-state index contributed by atoms with van der Waals surface area (Å²) < 4.78 is 0.